The van der Waals surface area contributed by atoms with Gasteiger partial charge in [-0.15, -0.1) is 24.5 Å². The number of thiazole rings is 1. The maximum atomic E-state index is 14.4. The van der Waals surface area contributed by atoms with E-state index in [0.29, 0.717) is 39.0 Å². The summed E-state index contributed by atoms with van der Waals surface area (Å²) in [5, 5.41) is 30.8. The van der Waals surface area contributed by atoms with E-state index in [0.717, 1.165) is 43.4 Å². The van der Waals surface area contributed by atoms with Crippen LogP contribution in [0, 0.1) is 5.92 Å². The van der Waals surface area contributed by atoms with Gasteiger partial charge in [-0.25, -0.2) is 4.98 Å². The first-order valence-electron chi connectivity index (χ1n) is 17.4. The van der Waals surface area contributed by atoms with Gasteiger partial charge in [-0.2, -0.15) is 13.2 Å². The number of halogens is 3. The van der Waals surface area contributed by atoms with Crippen molar-refractivity contribution in [2.75, 3.05) is 46.8 Å². The number of amides is 1. The Morgan fingerprint density at radius 3 is 2.33 bits per heavy atom. The highest BCUT2D eigenvalue weighted by molar-refractivity contribution is 7.07. The minimum absolute atomic E-state index is 0.000755. The van der Waals surface area contributed by atoms with Crippen LogP contribution in [0.3, 0.4) is 0 Å². The van der Waals surface area contributed by atoms with Crippen LogP contribution in [-0.2, 0) is 4.79 Å². The normalized spacial score (nSPS) is 18.1. The zero-order valence-electron chi connectivity index (χ0n) is 29.0. The molecule has 1 heterocycles. The van der Waals surface area contributed by atoms with Crippen LogP contribution in [0.5, 0.6) is 0 Å². The van der Waals surface area contributed by atoms with Gasteiger partial charge in [-0.05, 0) is 70.1 Å². The maximum Gasteiger partial charge on any atom is 0.401 e. The summed E-state index contributed by atoms with van der Waals surface area (Å²) in [7, 11) is 3.39. The second kappa shape index (κ2) is 20.9. The van der Waals surface area contributed by atoms with E-state index in [4.69, 9.17) is 0 Å². The lowest BCUT2D eigenvalue weighted by Crippen LogP contribution is -2.58. The Hall–Kier alpha value is -2.61. The molecule has 1 aliphatic rings. The summed E-state index contributed by atoms with van der Waals surface area (Å²) < 4.78 is 38.5. The summed E-state index contributed by atoms with van der Waals surface area (Å²) in [6.45, 7) is 8.61. The van der Waals surface area contributed by atoms with E-state index in [1.165, 1.54) is 23.3 Å². The summed E-state index contributed by atoms with van der Waals surface area (Å²) in [6, 6.07) is 8.67. The summed E-state index contributed by atoms with van der Waals surface area (Å²) in [6.07, 6.45) is 3.19. The number of likely N-dealkylation sites (N-methyl/N-ethyl adjacent to an activating group) is 2. The molecule has 2 aromatic rings. The van der Waals surface area contributed by atoms with Gasteiger partial charge in [0.15, 0.2) is 0 Å². The van der Waals surface area contributed by atoms with E-state index in [2.05, 4.69) is 40.9 Å². The predicted molar refractivity (Wildman–Crippen MR) is 192 cm³/mol. The number of aliphatic hydroxyl groups excluding tert-OH is 2. The van der Waals surface area contributed by atoms with Crippen molar-refractivity contribution in [3.63, 3.8) is 0 Å². The van der Waals surface area contributed by atoms with Crippen molar-refractivity contribution in [3.05, 3.63) is 77.8 Å². The number of aliphatic hydroxyl groups is 2. The molecule has 1 aliphatic carbocycles. The lowest BCUT2D eigenvalue weighted by atomic mass is 9.80. The minimum atomic E-state index is -4.23. The molecular formula is C37H56F3N5O3S. The molecule has 8 nitrogen and oxygen atoms in total. The monoisotopic (exact) mass is 707 g/mol. The Morgan fingerprint density at radius 2 is 1.71 bits per heavy atom. The van der Waals surface area contributed by atoms with E-state index in [9.17, 15) is 28.2 Å². The van der Waals surface area contributed by atoms with Crippen molar-refractivity contribution in [3.8, 4) is 0 Å². The van der Waals surface area contributed by atoms with Crippen molar-refractivity contribution < 1.29 is 28.2 Å². The van der Waals surface area contributed by atoms with Crippen LogP contribution in [0.1, 0.15) is 74.5 Å². The third-order valence-corrected chi connectivity index (χ3v) is 10.2. The number of hydrogen-bond acceptors (Lipinski definition) is 8. The second-order valence-corrected chi connectivity index (χ2v) is 14.2. The highest BCUT2D eigenvalue weighted by Gasteiger charge is 2.38. The van der Waals surface area contributed by atoms with E-state index in [-0.39, 0.29) is 30.1 Å². The predicted octanol–water partition coefficient (Wildman–Crippen LogP) is 5.72. The highest BCUT2D eigenvalue weighted by atomic mass is 32.1. The van der Waals surface area contributed by atoms with Crippen LogP contribution >= 0.6 is 11.3 Å². The van der Waals surface area contributed by atoms with Gasteiger partial charge in [-0.3, -0.25) is 9.69 Å². The SMILES string of the molecule is C=CCC(O)[C@H](O)C(NC(=O)[C@@H](NCC(CCN(C)CCN(C)CC(F)(F)F)c1ccccc1)C(CC=C)c1cscn1)C1CCCCC1. The first-order valence-corrected chi connectivity index (χ1v) is 18.4. The molecule has 274 valence electrons. The molecule has 0 spiro atoms. The molecule has 3 rings (SSSR count). The second-order valence-electron chi connectivity index (χ2n) is 13.5. The minimum Gasteiger partial charge on any atom is -0.390 e. The maximum absolute atomic E-state index is 14.4. The molecule has 1 aromatic heterocycles. The van der Waals surface area contributed by atoms with E-state index in [1.54, 1.807) is 17.7 Å². The first-order chi connectivity index (χ1) is 23.4. The molecule has 0 radical (unpaired) electrons. The first kappa shape index (κ1) is 40.8. The summed E-state index contributed by atoms with van der Waals surface area (Å²) in [5.74, 6) is -0.556. The quantitative estimate of drug-likeness (QED) is 0.116. The number of nitrogens with zero attached hydrogens (tertiary/aromatic N) is 3. The van der Waals surface area contributed by atoms with Crippen LogP contribution in [0.25, 0.3) is 0 Å². The highest BCUT2D eigenvalue weighted by Crippen LogP contribution is 2.31. The molecule has 4 unspecified atom stereocenters. The number of nitrogens with one attached hydrogen (secondary N) is 2. The Kier molecular flexibility index (Phi) is 17.4. The number of carbonyl (C=O) groups is 1. The zero-order valence-corrected chi connectivity index (χ0v) is 29.8. The van der Waals surface area contributed by atoms with Gasteiger partial charge in [0.05, 0.1) is 35.9 Å². The van der Waals surface area contributed by atoms with Gasteiger partial charge >= 0.3 is 6.18 Å². The Morgan fingerprint density at radius 1 is 1.04 bits per heavy atom. The standard InChI is InChI=1S/C37H56F3N5O3S/c1-5-13-30(31-24-49-26-42-31)34(36(48)43-33(28-17-11-8-12-18-28)35(47)32(46)14-6-2)41-23-29(27-15-9-7-10-16-27)19-20-44(3)21-22-45(4)25-37(38,39)40/h5-7,9-10,15-16,24,26,28-30,32-35,41,46-47H,1-2,8,11-14,17-23,25H2,3-4H3,(H,43,48)/t29?,30?,32?,33?,34-,35-/m0/s1. The Labute approximate surface area is 294 Å². The zero-order chi connectivity index (χ0) is 35.8. The number of benzene rings is 1. The lowest BCUT2D eigenvalue weighted by molar-refractivity contribution is -0.143. The molecule has 49 heavy (non-hydrogen) atoms. The molecule has 0 bridgehead atoms. The number of allylic oxidation sites excluding steroid dienone is 1. The number of alkyl halides is 3. The fourth-order valence-corrected chi connectivity index (χ4v) is 7.42. The molecule has 0 saturated heterocycles. The Bertz CT molecular complexity index is 1230. The van der Waals surface area contributed by atoms with Crippen molar-refractivity contribution in [2.45, 2.75) is 93.7 Å². The largest absolute Gasteiger partial charge is 0.401 e. The van der Waals surface area contributed by atoms with Crippen LogP contribution in [0.4, 0.5) is 13.2 Å². The van der Waals surface area contributed by atoms with Crippen LogP contribution in [0.2, 0.25) is 0 Å². The molecule has 0 aliphatic heterocycles. The van der Waals surface area contributed by atoms with Gasteiger partial charge in [0, 0.05) is 30.9 Å². The molecule has 1 aromatic carbocycles. The van der Waals surface area contributed by atoms with E-state index >= 15 is 0 Å². The van der Waals surface area contributed by atoms with Crippen LogP contribution in [-0.4, -0.2) is 108 Å². The van der Waals surface area contributed by atoms with Crippen LogP contribution < -0.4 is 10.6 Å². The number of aromatic nitrogens is 1. The number of rotatable bonds is 22. The molecule has 12 heteroatoms. The van der Waals surface area contributed by atoms with Gasteiger partial charge in [0.25, 0.3) is 0 Å². The molecule has 6 atom stereocenters. The smallest absolute Gasteiger partial charge is 0.390 e. The van der Waals surface area contributed by atoms with Crippen molar-refractivity contribution >= 4 is 17.2 Å². The van der Waals surface area contributed by atoms with Gasteiger partial charge < -0.3 is 25.7 Å². The molecule has 4 N–H and O–H groups in total. The lowest BCUT2D eigenvalue weighted by Gasteiger charge is -2.37. The Balaban J connectivity index is 1.83. The summed E-state index contributed by atoms with van der Waals surface area (Å²) >= 11 is 1.46. The van der Waals surface area contributed by atoms with Crippen molar-refractivity contribution in [2.24, 2.45) is 5.92 Å². The van der Waals surface area contributed by atoms with Crippen molar-refractivity contribution in [1.29, 1.82) is 0 Å². The molecular weight excluding hydrogens is 652 g/mol. The van der Waals surface area contributed by atoms with E-state index in [1.807, 2.05) is 35.5 Å². The topological polar surface area (TPSA) is 101 Å². The van der Waals surface area contributed by atoms with Gasteiger partial charge in [0.1, 0.15) is 6.10 Å². The summed E-state index contributed by atoms with van der Waals surface area (Å²) in [4.78, 5) is 22.3. The average Bonchev–Trinajstić information content (AvgIpc) is 3.62. The van der Waals surface area contributed by atoms with E-state index < -0.39 is 37.0 Å². The number of carbonyl (C=O) groups excluding carboxylic acids is 1. The van der Waals surface area contributed by atoms with Gasteiger partial charge in [0.2, 0.25) is 5.91 Å². The number of hydrogen-bond donors (Lipinski definition) is 4. The summed E-state index contributed by atoms with van der Waals surface area (Å²) in [5.41, 5.74) is 3.61. The third kappa shape index (κ3) is 13.9. The molecule has 1 amide bonds. The fraction of sp³-hybridized carbons (Fsp3) is 0.622. The van der Waals surface area contributed by atoms with Crippen molar-refractivity contribution in [1.82, 2.24) is 25.4 Å². The third-order valence-electron chi connectivity index (χ3n) is 9.60. The molecule has 1 saturated carbocycles. The fourth-order valence-electron chi connectivity index (χ4n) is 6.80. The molecule has 1 fully saturated rings. The van der Waals surface area contributed by atoms with Crippen LogP contribution in [0.15, 0.2) is 66.5 Å². The van der Waals surface area contributed by atoms with Gasteiger partial charge in [-0.1, -0.05) is 61.7 Å². The average molecular weight is 708 g/mol.